The minimum absolute atomic E-state index is 0.112. The number of hydrogen-bond acceptors (Lipinski definition) is 5. The molecule has 0 aromatic carbocycles. The summed E-state index contributed by atoms with van der Waals surface area (Å²) >= 11 is 1.34. The van der Waals surface area contributed by atoms with Crippen molar-refractivity contribution in [2.45, 2.75) is 25.8 Å². The molecule has 3 amide bonds. The number of thiophene rings is 1. The molecular weight excluding hydrogens is 354 g/mol. The maximum Gasteiger partial charge on any atom is 0.261 e. The van der Waals surface area contributed by atoms with Gasteiger partial charge in [0.25, 0.3) is 5.91 Å². The van der Waals surface area contributed by atoms with Crippen molar-refractivity contribution in [2.24, 2.45) is 5.92 Å². The summed E-state index contributed by atoms with van der Waals surface area (Å²) in [7, 11) is 0. The molecule has 3 heterocycles. The van der Waals surface area contributed by atoms with E-state index >= 15 is 0 Å². The van der Waals surface area contributed by atoms with Crippen LogP contribution in [0.1, 0.15) is 29.4 Å². The van der Waals surface area contributed by atoms with E-state index in [-0.39, 0.29) is 23.6 Å². The van der Waals surface area contributed by atoms with Crippen molar-refractivity contribution in [3.05, 3.63) is 22.4 Å². The Kier molecular flexibility index (Phi) is 6.26. The van der Waals surface area contributed by atoms with Gasteiger partial charge in [0, 0.05) is 26.2 Å². The van der Waals surface area contributed by atoms with E-state index in [4.69, 9.17) is 4.74 Å². The van der Waals surface area contributed by atoms with Crippen molar-refractivity contribution < 1.29 is 19.1 Å². The highest BCUT2D eigenvalue weighted by atomic mass is 32.1. The van der Waals surface area contributed by atoms with E-state index in [1.54, 1.807) is 24.0 Å². The van der Waals surface area contributed by atoms with Crippen molar-refractivity contribution >= 4 is 29.1 Å². The zero-order valence-corrected chi connectivity index (χ0v) is 15.8. The molecule has 2 aliphatic rings. The van der Waals surface area contributed by atoms with E-state index in [9.17, 15) is 14.4 Å². The van der Waals surface area contributed by atoms with Crippen LogP contribution in [-0.2, 0) is 14.3 Å². The fourth-order valence-corrected chi connectivity index (χ4v) is 4.06. The van der Waals surface area contributed by atoms with E-state index in [0.717, 1.165) is 12.8 Å². The molecule has 2 fully saturated rings. The van der Waals surface area contributed by atoms with Gasteiger partial charge in [-0.05, 0) is 31.2 Å². The monoisotopic (exact) mass is 379 g/mol. The summed E-state index contributed by atoms with van der Waals surface area (Å²) in [6.07, 6.45) is 1.61. The van der Waals surface area contributed by atoms with Crippen molar-refractivity contribution in [1.29, 1.82) is 0 Å². The number of carbonyl (C=O) groups is 3. The van der Waals surface area contributed by atoms with Crippen LogP contribution in [0.5, 0.6) is 0 Å². The number of nitrogens with zero attached hydrogens (tertiary/aromatic N) is 2. The molecule has 0 aliphatic carbocycles. The van der Waals surface area contributed by atoms with Gasteiger partial charge in [-0.3, -0.25) is 14.4 Å². The Morgan fingerprint density at radius 2 is 2.00 bits per heavy atom. The number of hydrogen-bond donors (Lipinski definition) is 1. The molecule has 8 heteroatoms. The van der Waals surface area contributed by atoms with Gasteiger partial charge in [0.2, 0.25) is 11.8 Å². The normalized spacial score (nSPS) is 22.0. The lowest BCUT2D eigenvalue weighted by Crippen LogP contribution is -2.53. The van der Waals surface area contributed by atoms with Gasteiger partial charge >= 0.3 is 0 Å². The minimum Gasteiger partial charge on any atom is -0.378 e. The maximum atomic E-state index is 12.7. The third-order valence-corrected chi connectivity index (χ3v) is 5.74. The standard InChI is InChI=1S/C18H25N3O4S/c1-13(19-16(22)15-5-3-11-26-15)17(23)21-6-2-4-14(12-21)18(24)20-7-9-25-10-8-20/h3,5,11,13-14H,2,4,6-10,12H2,1H3,(H,19,22)/t13-,14-/m1/s1. The van der Waals surface area contributed by atoms with E-state index in [0.29, 0.717) is 44.3 Å². The van der Waals surface area contributed by atoms with Crippen molar-refractivity contribution in [3.8, 4) is 0 Å². The molecule has 26 heavy (non-hydrogen) atoms. The van der Waals surface area contributed by atoms with E-state index in [1.165, 1.54) is 11.3 Å². The van der Waals surface area contributed by atoms with Crippen LogP contribution < -0.4 is 5.32 Å². The number of likely N-dealkylation sites (tertiary alicyclic amines) is 1. The summed E-state index contributed by atoms with van der Waals surface area (Å²) in [5, 5.41) is 4.58. The predicted molar refractivity (Wildman–Crippen MR) is 98.0 cm³/mol. The highest BCUT2D eigenvalue weighted by molar-refractivity contribution is 7.12. The molecule has 3 rings (SSSR count). The highest BCUT2D eigenvalue weighted by Crippen LogP contribution is 2.20. The molecule has 1 aromatic heterocycles. The molecule has 7 nitrogen and oxygen atoms in total. The second kappa shape index (κ2) is 8.64. The summed E-state index contributed by atoms with van der Waals surface area (Å²) in [5.74, 6) is -0.416. The first kappa shape index (κ1) is 18.8. The molecule has 0 unspecified atom stereocenters. The Morgan fingerprint density at radius 1 is 1.23 bits per heavy atom. The van der Waals surface area contributed by atoms with Gasteiger partial charge in [0.1, 0.15) is 6.04 Å². The smallest absolute Gasteiger partial charge is 0.261 e. The molecule has 2 atom stereocenters. The Bertz CT molecular complexity index is 643. The molecule has 0 spiro atoms. The Labute approximate surface area is 157 Å². The average Bonchev–Trinajstić information content (AvgIpc) is 3.22. The molecular formula is C18H25N3O4S. The zero-order valence-electron chi connectivity index (χ0n) is 15.0. The maximum absolute atomic E-state index is 12.7. The molecule has 0 saturated carbocycles. The minimum atomic E-state index is -0.609. The summed E-state index contributed by atoms with van der Waals surface area (Å²) in [5.41, 5.74) is 0. The Hall–Kier alpha value is -1.93. The number of nitrogens with one attached hydrogen (secondary N) is 1. The van der Waals surface area contributed by atoms with Gasteiger partial charge in [0.05, 0.1) is 24.0 Å². The average molecular weight is 379 g/mol. The quantitative estimate of drug-likeness (QED) is 0.845. The van der Waals surface area contributed by atoms with E-state index in [1.807, 2.05) is 10.3 Å². The molecule has 142 valence electrons. The summed E-state index contributed by atoms with van der Waals surface area (Å²) in [6, 6.07) is 2.93. The van der Waals surface area contributed by atoms with Crippen LogP contribution >= 0.6 is 11.3 Å². The first-order chi connectivity index (χ1) is 12.6. The van der Waals surface area contributed by atoms with Crippen LogP contribution in [0.3, 0.4) is 0 Å². The van der Waals surface area contributed by atoms with Crippen LogP contribution in [0, 0.1) is 5.92 Å². The van der Waals surface area contributed by atoms with Crippen LogP contribution in [0.15, 0.2) is 17.5 Å². The highest BCUT2D eigenvalue weighted by Gasteiger charge is 2.33. The second-order valence-electron chi connectivity index (χ2n) is 6.73. The van der Waals surface area contributed by atoms with Gasteiger partial charge in [-0.25, -0.2) is 0 Å². The first-order valence-corrected chi connectivity index (χ1v) is 9.94. The second-order valence-corrected chi connectivity index (χ2v) is 7.68. The third-order valence-electron chi connectivity index (χ3n) is 4.87. The summed E-state index contributed by atoms with van der Waals surface area (Å²) in [4.78, 5) is 41.7. The number of ether oxygens (including phenoxy) is 1. The van der Waals surface area contributed by atoms with Crippen molar-refractivity contribution in [1.82, 2.24) is 15.1 Å². The van der Waals surface area contributed by atoms with Gasteiger partial charge in [0.15, 0.2) is 0 Å². The van der Waals surface area contributed by atoms with Gasteiger partial charge in [-0.2, -0.15) is 0 Å². The number of piperidine rings is 1. The lowest BCUT2D eigenvalue weighted by Gasteiger charge is -2.37. The fraction of sp³-hybridized carbons (Fsp3) is 0.611. The van der Waals surface area contributed by atoms with Crippen LogP contribution in [0.2, 0.25) is 0 Å². The molecule has 1 N–H and O–H groups in total. The van der Waals surface area contributed by atoms with Crippen LogP contribution in [0.4, 0.5) is 0 Å². The lowest BCUT2D eigenvalue weighted by atomic mass is 9.95. The fourth-order valence-electron chi connectivity index (χ4n) is 3.43. The van der Waals surface area contributed by atoms with Crippen molar-refractivity contribution in [2.75, 3.05) is 39.4 Å². The molecule has 0 bridgehead atoms. The molecule has 2 aliphatic heterocycles. The Balaban J connectivity index is 1.55. The van der Waals surface area contributed by atoms with E-state index < -0.39 is 6.04 Å². The molecule has 1 aromatic rings. The number of rotatable bonds is 4. The van der Waals surface area contributed by atoms with Crippen LogP contribution in [-0.4, -0.2) is 73.0 Å². The molecule has 2 saturated heterocycles. The zero-order chi connectivity index (χ0) is 18.5. The number of morpholine rings is 1. The predicted octanol–water partition coefficient (Wildman–Crippen LogP) is 0.964. The van der Waals surface area contributed by atoms with Gasteiger partial charge in [-0.1, -0.05) is 6.07 Å². The molecule has 0 radical (unpaired) electrons. The van der Waals surface area contributed by atoms with E-state index in [2.05, 4.69) is 5.32 Å². The topological polar surface area (TPSA) is 79.0 Å². The third kappa shape index (κ3) is 4.42. The van der Waals surface area contributed by atoms with Gasteiger partial charge < -0.3 is 19.9 Å². The number of amides is 3. The van der Waals surface area contributed by atoms with Crippen LogP contribution in [0.25, 0.3) is 0 Å². The largest absolute Gasteiger partial charge is 0.378 e. The summed E-state index contributed by atoms with van der Waals surface area (Å²) in [6.45, 7) is 5.15. The summed E-state index contributed by atoms with van der Waals surface area (Å²) < 4.78 is 5.30. The number of carbonyl (C=O) groups excluding carboxylic acids is 3. The van der Waals surface area contributed by atoms with Gasteiger partial charge in [-0.15, -0.1) is 11.3 Å². The first-order valence-electron chi connectivity index (χ1n) is 9.06. The van der Waals surface area contributed by atoms with Crippen molar-refractivity contribution in [3.63, 3.8) is 0 Å². The lowest BCUT2D eigenvalue weighted by molar-refractivity contribution is -0.144. The SMILES string of the molecule is C[C@@H](NC(=O)c1cccs1)C(=O)N1CCC[C@@H](C(=O)N2CCOCC2)C1. The Morgan fingerprint density at radius 3 is 2.69 bits per heavy atom.